The van der Waals surface area contributed by atoms with Crippen molar-refractivity contribution in [2.24, 2.45) is 0 Å². The third-order valence-electron chi connectivity index (χ3n) is 4.07. The predicted octanol–water partition coefficient (Wildman–Crippen LogP) is 4.06. The summed E-state index contributed by atoms with van der Waals surface area (Å²) in [5, 5.41) is 3.40. The molecule has 2 aromatic rings. The van der Waals surface area contributed by atoms with Crippen molar-refractivity contribution in [2.45, 2.75) is 24.8 Å². The van der Waals surface area contributed by atoms with Crippen molar-refractivity contribution in [3.05, 3.63) is 58.3 Å². The number of para-hydroxylation sites is 1. The molecule has 3 rings (SSSR count). The normalized spacial score (nSPS) is 18.7. The lowest BCUT2D eigenvalue weighted by Crippen LogP contribution is -2.23. The van der Waals surface area contributed by atoms with E-state index in [0.717, 1.165) is 35.4 Å². The molecule has 1 aliphatic heterocycles. The molecule has 21 heavy (non-hydrogen) atoms. The standard InChI is InChI=1S/C17H19BrN2O/c1-19-15(17-14(18)6-4-9-20-17)11-12-8-10-21-16-7-3-2-5-13(12)16/h2-7,9,12,15,19H,8,10-11H2,1H3. The van der Waals surface area contributed by atoms with Crippen molar-refractivity contribution in [1.82, 2.24) is 10.3 Å². The minimum Gasteiger partial charge on any atom is -0.493 e. The largest absolute Gasteiger partial charge is 0.493 e. The molecular formula is C17H19BrN2O. The molecule has 1 aromatic heterocycles. The Hall–Kier alpha value is -1.39. The first kappa shape index (κ1) is 14.5. The topological polar surface area (TPSA) is 34.1 Å². The van der Waals surface area contributed by atoms with Gasteiger partial charge >= 0.3 is 0 Å². The number of hydrogen-bond acceptors (Lipinski definition) is 3. The highest BCUT2D eigenvalue weighted by molar-refractivity contribution is 9.10. The Morgan fingerprint density at radius 1 is 1.33 bits per heavy atom. The van der Waals surface area contributed by atoms with Gasteiger partial charge in [0.1, 0.15) is 5.75 Å². The Kier molecular flexibility index (Phi) is 4.56. The van der Waals surface area contributed by atoms with Gasteiger partial charge in [-0.25, -0.2) is 0 Å². The molecule has 2 unspecified atom stereocenters. The van der Waals surface area contributed by atoms with Gasteiger partial charge in [0.15, 0.2) is 0 Å². The number of halogens is 1. The number of ether oxygens (including phenoxy) is 1. The first-order valence-electron chi connectivity index (χ1n) is 7.29. The van der Waals surface area contributed by atoms with E-state index in [1.165, 1.54) is 5.56 Å². The van der Waals surface area contributed by atoms with Crippen molar-refractivity contribution >= 4 is 15.9 Å². The van der Waals surface area contributed by atoms with Gasteiger partial charge in [-0.15, -0.1) is 0 Å². The van der Waals surface area contributed by atoms with Crippen LogP contribution in [0.1, 0.15) is 36.1 Å². The Bertz CT molecular complexity index is 617. The third-order valence-corrected chi connectivity index (χ3v) is 4.74. The van der Waals surface area contributed by atoms with E-state index in [1.54, 1.807) is 0 Å². The molecule has 0 saturated carbocycles. The Morgan fingerprint density at radius 2 is 2.19 bits per heavy atom. The fourth-order valence-corrected chi connectivity index (χ4v) is 3.50. The first-order valence-corrected chi connectivity index (χ1v) is 8.08. The highest BCUT2D eigenvalue weighted by Gasteiger charge is 2.25. The number of pyridine rings is 1. The van der Waals surface area contributed by atoms with Crippen LogP contribution in [0.25, 0.3) is 0 Å². The highest BCUT2D eigenvalue weighted by atomic mass is 79.9. The van der Waals surface area contributed by atoms with E-state index in [1.807, 2.05) is 31.4 Å². The van der Waals surface area contributed by atoms with Crippen molar-refractivity contribution in [3.8, 4) is 5.75 Å². The zero-order valence-electron chi connectivity index (χ0n) is 12.1. The maximum absolute atomic E-state index is 5.75. The lowest BCUT2D eigenvalue weighted by molar-refractivity contribution is 0.256. The van der Waals surface area contributed by atoms with Crippen LogP contribution in [0.3, 0.4) is 0 Å². The third kappa shape index (κ3) is 3.11. The van der Waals surface area contributed by atoms with E-state index in [0.29, 0.717) is 5.92 Å². The summed E-state index contributed by atoms with van der Waals surface area (Å²) in [4.78, 5) is 4.53. The van der Waals surface area contributed by atoms with Crippen LogP contribution in [0.2, 0.25) is 0 Å². The van der Waals surface area contributed by atoms with E-state index in [9.17, 15) is 0 Å². The maximum atomic E-state index is 5.75. The SMILES string of the molecule is CNC(CC1CCOc2ccccc21)c1ncccc1Br. The summed E-state index contributed by atoms with van der Waals surface area (Å²) in [5.74, 6) is 1.53. The molecule has 0 bridgehead atoms. The van der Waals surface area contributed by atoms with Crippen LogP contribution < -0.4 is 10.1 Å². The summed E-state index contributed by atoms with van der Waals surface area (Å²) in [7, 11) is 2.00. The van der Waals surface area contributed by atoms with Crippen LogP contribution in [-0.2, 0) is 0 Å². The van der Waals surface area contributed by atoms with Crippen LogP contribution in [0.4, 0.5) is 0 Å². The highest BCUT2D eigenvalue weighted by Crippen LogP contribution is 2.39. The lowest BCUT2D eigenvalue weighted by Gasteiger charge is -2.29. The molecule has 0 fully saturated rings. The van der Waals surface area contributed by atoms with Crippen LogP contribution >= 0.6 is 15.9 Å². The quantitative estimate of drug-likeness (QED) is 0.906. The second kappa shape index (κ2) is 6.58. The van der Waals surface area contributed by atoms with Gasteiger partial charge in [-0.05, 0) is 65.5 Å². The monoisotopic (exact) mass is 346 g/mol. The van der Waals surface area contributed by atoms with Crippen molar-refractivity contribution in [3.63, 3.8) is 0 Å². The Balaban J connectivity index is 1.84. The van der Waals surface area contributed by atoms with Crippen LogP contribution in [0.15, 0.2) is 47.1 Å². The Morgan fingerprint density at radius 3 is 3.00 bits per heavy atom. The number of nitrogens with zero attached hydrogens (tertiary/aromatic N) is 1. The average molecular weight is 347 g/mol. The smallest absolute Gasteiger partial charge is 0.122 e. The van der Waals surface area contributed by atoms with Gasteiger partial charge in [0.2, 0.25) is 0 Å². The molecule has 1 aliphatic rings. The molecular weight excluding hydrogens is 328 g/mol. The van der Waals surface area contributed by atoms with Crippen molar-refractivity contribution in [2.75, 3.05) is 13.7 Å². The molecule has 2 heterocycles. The van der Waals surface area contributed by atoms with Gasteiger partial charge in [-0.2, -0.15) is 0 Å². The fraction of sp³-hybridized carbons (Fsp3) is 0.353. The molecule has 1 aromatic carbocycles. The second-order valence-corrected chi connectivity index (χ2v) is 6.17. The molecule has 0 amide bonds. The van der Waals surface area contributed by atoms with E-state index < -0.39 is 0 Å². The van der Waals surface area contributed by atoms with Gasteiger partial charge in [0, 0.05) is 10.7 Å². The molecule has 0 aliphatic carbocycles. The summed E-state index contributed by atoms with van der Waals surface area (Å²) in [6.07, 6.45) is 3.93. The Labute approximate surface area is 133 Å². The minimum atomic E-state index is 0.233. The van der Waals surface area contributed by atoms with Gasteiger partial charge < -0.3 is 10.1 Å². The lowest BCUT2D eigenvalue weighted by atomic mass is 9.86. The summed E-state index contributed by atoms with van der Waals surface area (Å²) < 4.78 is 6.81. The zero-order valence-corrected chi connectivity index (χ0v) is 13.6. The van der Waals surface area contributed by atoms with Crippen molar-refractivity contribution < 1.29 is 4.74 Å². The molecule has 3 nitrogen and oxygen atoms in total. The minimum absolute atomic E-state index is 0.233. The van der Waals surface area contributed by atoms with E-state index in [4.69, 9.17) is 4.74 Å². The molecule has 0 saturated heterocycles. The predicted molar refractivity (Wildman–Crippen MR) is 87.6 cm³/mol. The van der Waals surface area contributed by atoms with E-state index in [-0.39, 0.29) is 6.04 Å². The van der Waals surface area contributed by atoms with Gasteiger partial charge in [-0.3, -0.25) is 4.98 Å². The molecule has 4 heteroatoms. The van der Waals surface area contributed by atoms with Gasteiger partial charge in [0.05, 0.1) is 18.3 Å². The number of rotatable bonds is 4. The summed E-state index contributed by atoms with van der Waals surface area (Å²) >= 11 is 3.61. The summed E-state index contributed by atoms with van der Waals surface area (Å²) in [6.45, 7) is 0.793. The molecule has 0 radical (unpaired) electrons. The molecule has 1 N–H and O–H groups in total. The van der Waals surface area contributed by atoms with Gasteiger partial charge in [0.25, 0.3) is 0 Å². The van der Waals surface area contributed by atoms with E-state index in [2.05, 4.69) is 44.4 Å². The van der Waals surface area contributed by atoms with Crippen LogP contribution in [-0.4, -0.2) is 18.6 Å². The number of aromatic nitrogens is 1. The van der Waals surface area contributed by atoms with Crippen LogP contribution in [0, 0.1) is 0 Å². The zero-order chi connectivity index (χ0) is 14.7. The number of nitrogens with one attached hydrogen (secondary N) is 1. The van der Waals surface area contributed by atoms with Crippen molar-refractivity contribution in [1.29, 1.82) is 0 Å². The number of benzene rings is 1. The fourth-order valence-electron chi connectivity index (χ4n) is 2.97. The average Bonchev–Trinajstić information content (AvgIpc) is 2.53. The number of fused-ring (bicyclic) bond motifs is 1. The van der Waals surface area contributed by atoms with E-state index >= 15 is 0 Å². The summed E-state index contributed by atoms with van der Waals surface area (Å²) in [5.41, 5.74) is 2.39. The molecule has 2 atom stereocenters. The molecule has 0 spiro atoms. The first-order chi connectivity index (χ1) is 10.3. The molecule has 110 valence electrons. The number of hydrogen-bond donors (Lipinski definition) is 1. The maximum Gasteiger partial charge on any atom is 0.122 e. The van der Waals surface area contributed by atoms with Crippen LogP contribution in [0.5, 0.6) is 5.75 Å². The summed E-state index contributed by atoms with van der Waals surface area (Å²) in [6, 6.07) is 12.6. The van der Waals surface area contributed by atoms with Gasteiger partial charge in [-0.1, -0.05) is 18.2 Å². The second-order valence-electron chi connectivity index (χ2n) is 5.32.